The number of benzene rings is 1. The van der Waals surface area contributed by atoms with Crippen LogP contribution in [0.5, 0.6) is 0 Å². The smallest absolute Gasteiger partial charge is 0.316 e. The van der Waals surface area contributed by atoms with Crippen molar-refractivity contribution in [2.75, 3.05) is 17.3 Å². The van der Waals surface area contributed by atoms with Crippen LogP contribution in [0.25, 0.3) is 10.9 Å². The van der Waals surface area contributed by atoms with Gasteiger partial charge in [0, 0.05) is 5.25 Å². The molecule has 0 bridgehead atoms. The first-order valence-electron chi connectivity index (χ1n) is 7.84. The lowest BCUT2D eigenvalue weighted by Gasteiger charge is -2.14. The molecule has 2 aromatic rings. The normalized spacial score (nSPS) is 20.4. The molecule has 1 aromatic carbocycles. The van der Waals surface area contributed by atoms with Gasteiger partial charge >= 0.3 is 5.97 Å². The highest BCUT2D eigenvalue weighted by Crippen LogP contribution is 2.25. The topological polar surface area (TPSA) is 106 Å². The Morgan fingerprint density at radius 2 is 2.20 bits per heavy atom. The molecule has 9 heteroatoms. The highest BCUT2D eigenvalue weighted by atomic mass is 32.2. The lowest BCUT2D eigenvalue weighted by atomic mass is 10.2. The molecule has 0 unspecified atom stereocenters. The summed E-state index contributed by atoms with van der Waals surface area (Å²) in [6.45, 7) is 1.63. The standard InChI is InChI=1S/C16H18N2O5S2/c1-10(15-17-13-5-3-2-4-12(13)16(20)18-15)23-14(19)8-24-11-6-7-25(21,22)9-11/h2-5,10-11H,6-9H2,1H3,(H,17,18,20)/t10-,11+/m1/s1. The van der Waals surface area contributed by atoms with E-state index in [-0.39, 0.29) is 33.9 Å². The van der Waals surface area contributed by atoms with E-state index in [0.29, 0.717) is 17.3 Å². The number of hydrogen-bond acceptors (Lipinski definition) is 7. The van der Waals surface area contributed by atoms with Gasteiger partial charge in [0.2, 0.25) is 0 Å². The molecule has 25 heavy (non-hydrogen) atoms. The SMILES string of the molecule is C[C@@H](OC(=O)CS[C@H]1CCS(=O)(=O)C1)c1nc2ccccc2c(=O)[nH]1. The lowest BCUT2D eigenvalue weighted by molar-refractivity contribution is -0.145. The second kappa shape index (κ2) is 7.17. The van der Waals surface area contributed by atoms with Crippen LogP contribution in [0.2, 0.25) is 0 Å². The lowest BCUT2D eigenvalue weighted by Crippen LogP contribution is -2.19. The second-order valence-corrected chi connectivity index (χ2v) is 9.45. The zero-order valence-electron chi connectivity index (χ0n) is 13.6. The molecule has 2 heterocycles. The summed E-state index contributed by atoms with van der Waals surface area (Å²) in [5, 5.41) is 0.411. The molecule has 1 aliphatic heterocycles. The number of carbonyl (C=O) groups excluding carboxylic acids is 1. The summed E-state index contributed by atoms with van der Waals surface area (Å²) in [5.41, 5.74) is 0.253. The van der Waals surface area contributed by atoms with E-state index in [9.17, 15) is 18.0 Å². The van der Waals surface area contributed by atoms with Crippen LogP contribution in [0.3, 0.4) is 0 Å². The summed E-state index contributed by atoms with van der Waals surface area (Å²) in [4.78, 5) is 31.0. The summed E-state index contributed by atoms with van der Waals surface area (Å²) < 4.78 is 28.1. The van der Waals surface area contributed by atoms with Crippen LogP contribution in [0.4, 0.5) is 0 Å². The van der Waals surface area contributed by atoms with E-state index < -0.39 is 21.9 Å². The van der Waals surface area contributed by atoms with Crippen LogP contribution in [-0.2, 0) is 19.4 Å². The fraction of sp³-hybridized carbons (Fsp3) is 0.438. The van der Waals surface area contributed by atoms with Crippen LogP contribution >= 0.6 is 11.8 Å². The number of carbonyl (C=O) groups is 1. The minimum Gasteiger partial charge on any atom is -0.454 e. The fourth-order valence-electron chi connectivity index (χ4n) is 2.66. The number of aromatic amines is 1. The molecule has 1 N–H and O–H groups in total. The summed E-state index contributed by atoms with van der Waals surface area (Å²) in [7, 11) is -2.96. The van der Waals surface area contributed by atoms with Crippen molar-refractivity contribution in [3.63, 3.8) is 0 Å². The van der Waals surface area contributed by atoms with E-state index >= 15 is 0 Å². The number of fused-ring (bicyclic) bond motifs is 1. The number of nitrogens with zero attached hydrogens (tertiary/aromatic N) is 1. The van der Waals surface area contributed by atoms with Crippen molar-refractivity contribution in [3.8, 4) is 0 Å². The molecule has 1 saturated heterocycles. The minimum absolute atomic E-state index is 0.0635. The van der Waals surface area contributed by atoms with Crippen molar-refractivity contribution < 1.29 is 17.9 Å². The van der Waals surface area contributed by atoms with Crippen molar-refractivity contribution in [3.05, 3.63) is 40.4 Å². The number of sulfone groups is 1. The second-order valence-electron chi connectivity index (χ2n) is 5.94. The molecule has 134 valence electrons. The molecule has 3 rings (SSSR count). The van der Waals surface area contributed by atoms with Gasteiger partial charge in [-0.25, -0.2) is 13.4 Å². The number of H-pyrrole nitrogens is 1. The quantitative estimate of drug-likeness (QED) is 0.780. The molecule has 0 spiro atoms. The molecule has 0 saturated carbocycles. The average Bonchev–Trinajstić information content (AvgIpc) is 2.92. The van der Waals surface area contributed by atoms with Gasteiger partial charge < -0.3 is 9.72 Å². The Labute approximate surface area is 149 Å². The number of rotatable bonds is 5. The Morgan fingerprint density at radius 1 is 1.44 bits per heavy atom. The summed E-state index contributed by atoms with van der Waals surface area (Å²) in [6, 6.07) is 6.93. The Hall–Kier alpha value is -1.87. The predicted octanol–water partition coefficient (Wildman–Crippen LogP) is 1.45. The molecular formula is C16H18N2O5S2. The number of thioether (sulfide) groups is 1. The summed E-state index contributed by atoms with van der Waals surface area (Å²) in [6.07, 6.45) is -0.132. The molecule has 1 aromatic heterocycles. The van der Waals surface area contributed by atoms with E-state index in [1.807, 2.05) is 0 Å². The number of esters is 1. The first-order valence-corrected chi connectivity index (χ1v) is 10.7. The number of aromatic nitrogens is 2. The van der Waals surface area contributed by atoms with Crippen molar-refractivity contribution in [2.24, 2.45) is 0 Å². The van der Waals surface area contributed by atoms with Gasteiger partial charge in [-0.05, 0) is 25.5 Å². The average molecular weight is 382 g/mol. The molecule has 1 aliphatic rings. The Kier molecular flexibility index (Phi) is 5.14. The monoisotopic (exact) mass is 382 g/mol. The zero-order valence-corrected chi connectivity index (χ0v) is 15.2. The van der Waals surface area contributed by atoms with Gasteiger partial charge in [0.05, 0.1) is 28.2 Å². The highest BCUT2D eigenvalue weighted by Gasteiger charge is 2.29. The van der Waals surface area contributed by atoms with Crippen molar-refractivity contribution in [1.82, 2.24) is 9.97 Å². The molecule has 1 fully saturated rings. The Morgan fingerprint density at radius 3 is 2.92 bits per heavy atom. The van der Waals surface area contributed by atoms with Crippen LogP contribution in [0.1, 0.15) is 25.3 Å². The first-order chi connectivity index (χ1) is 11.8. The van der Waals surface area contributed by atoms with Gasteiger partial charge in [-0.3, -0.25) is 9.59 Å². The maximum Gasteiger partial charge on any atom is 0.316 e. The molecular weight excluding hydrogens is 364 g/mol. The van der Waals surface area contributed by atoms with Crippen molar-refractivity contribution in [1.29, 1.82) is 0 Å². The maximum atomic E-state index is 12.1. The maximum absolute atomic E-state index is 12.1. The van der Waals surface area contributed by atoms with Gasteiger partial charge in [-0.15, -0.1) is 11.8 Å². The van der Waals surface area contributed by atoms with Crippen LogP contribution in [0, 0.1) is 0 Å². The largest absolute Gasteiger partial charge is 0.454 e. The van der Waals surface area contributed by atoms with Gasteiger partial charge in [0.1, 0.15) is 0 Å². The van der Waals surface area contributed by atoms with Gasteiger partial charge in [0.25, 0.3) is 5.56 Å². The fourth-order valence-corrected chi connectivity index (χ4v) is 6.09. The molecule has 2 atom stereocenters. The van der Waals surface area contributed by atoms with Crippen LogP contribution in [-0.4, -0.2) is 46.9 Å². The third-order valence-electron chi connectivity index (χ3n) is 3.95. The number of ether oxygens (including phenoxy) is 1. The molecule has 0 radical (unpaired) electrons. The molecule has 7 nitrogen and oxygen atoms in total. The number of para-hydroxylation sites is 1. The molecule has 0 amide bonds. The Balaban J connectivity index is 1.61. The van der Waals surface area contributed by atoms with Crippen molar-refractivity contribution >= 4 is 38.5 Å². The van der Waals surface area contributed by atoms with Crippen LogP contribution < -0.4 is 5.56 Å². The van der Waals surface area contributed by atoms with Gasteiger partial charge in [0.15, 0.2) is 21.8 Å². The van der Waals surface area contributed by atoms with E-state index in [1.165, 1.54) is 11.8 Å². The highest BCUT2D eigenvalue weighted by molar-refractivity contribution is 8.02. The summed E-state index contributed by atoms with van der Waals surface area (Å²) in [5.74, 6) is 0.184. The van der Waals surface area contributed by atoms with E-state index in [2.05, 4.69) is 9.97 Å². The summed E-state index contributed by atoms with van der Waals surface area (Å²) >= 11 is 1.29. The van der Waals surface area contributed by atoms with Crippen LogP contribution in [0.15, 0.2) is 29.1 Å². The number of hydrogen-bond donors (Lipinski definition) is 1. The third-order valence-corrected chi connectivity index (χ3v) is 7.21. The van der Waals surface area contributed by atoms with Gasteiger partial charge in [-0.1, -0.05) is 12.1 Å². The first kappa shape index (κ1) is 17.9. The van der Waals surface area contributed by atoms with E-state index in [0.717, 1.165) is 0 Å². The zero-order chi connectivity index (χ0) is 18.0. The number of nitrogens with one attached hydrogen (secondary N) is 1. The van der Waals surface area contributed by atoms with E-state index in [1.54, 1.807) is 31.2 Å². The van der Waals surface area contributed by atoms with Crippen molar-refractivity contribution in [2.45, 2.75) is 24.7 Å². The third kappa shape index (κ3) is 4.40. The van der Waals surface area contributed by atoms with E-state index in [4.69, 9.17) is 4.74 Å². The van der Waals surface area contributed by atoms with Gasteiger partial charge in [-0.2, -0.15) is 0 Å². The Bertz CT molecular complexity index is 954. The minimum atomic E-state index is -2.96. The molecule has 0 aliphatic carbocycles. The predicted molar refractivity (Wildman–Crippen MR) is 96.4 cm³/mol.